The van der Waals surface area contributed by atoms with Crippen LogP contribution in [-0.2, 0) is 24.9 Å². The van der Waals surface area contributed by atoms with Crippen molar-refractivity contribution in [1.82, 2.24) is 9.97 Å². The predicted octanol–water partition coefficient (Wildman–Crippen LogP) is 10.3. The molecule has 2 aromatic heterocycles. The largest absolute Gasteiger partial charge is 0.512 e. The van der Waals surface area contributed by atoms with Gasteiger partial charge in [0.05, 0.1) is 11.1 Å². The normalized spacial score (nSPS) is 12.4. The van der Waals surface area contributed by atoms with E-state index in [2.05, 4.69) is 29.0 Å². The number of aromatic nitrogens is 2. The van der Waals surface area contributed by atoms with Crippen LogP contribution >= 0.6 is 0 Å². The minimum atomic E-state index is -0.417. The summed E-state index contributed by atoms with van der Waals surface area (Å²) in [6, 6.07) is 19.3. The molecule has 0 unspecified atom stereocenters. The monoisotopic (exact) mass is 782 g/mol. The van der Waals surface area contributed by atoms with Crippen molar-refractivity contribution in [2.75, 3.05) is 0 Å². The van der Waals surface area contributed by atoms with Crippen LogP contribution in [0.5, 0.6) is 0 Å². The van der Waals surface area contributed by atoms with Crippen molar-refractivity contribution in [3.63, 3.8) is 0 Å². The molecule has 7 heteroatoms. The molecule has 235 valence electrons. The van der Waals surface area contributed by atoms with Crippen LogP contribution in [0.4, 0.5) is 4.39 Å². The summed E-state index contributed by atoms with van der Waals surface area (Å²) in [5.41, 5.74) is 5.41. The third kappa shape index (κ3) is 6.43. The molecule has 0 saturated heterocycles. The zero-order valence-electron chi connectivity index (χ0n) is 27.1. The van der Waals surface area contributed by atoms with Crippen LogP contribution in [0.25, 0.3) is 54.9 Å². The zero-order valence-corrected chi connectivity index (χ0v) is 29.5. The van der Waals surface area contributed by atoms with Crippen molar-refractivity contribution in [1.29, 1.82) is 0 Å². The maximum Gasteiger partial charge on any atom is 0.164 e. The first-order chi connectivity index (χ1) is 20.6. The Morgan fingerprint density at radius 1 is 0.911 bits per heavy atom. The number of nitrogens with zero attached hydrogens (tertiary/aromatic N) is 2. The molecule has 6 rings (SSSR count). The fraction of sp³-hybridized carbons (Fsp3) is 0.289. The molecule has 5 nitrogen and oxygen atoms in total. The van der Waals surface area contributed by atoms with Gasteiger partial charge in [-0.05, 0) is 47.9 Å². The van der Waals surface area contributed by atoms with Crippen LogP contribution in [0.1, 0.15) is 58.2 Å². The van der Waals surface area contributed by atoms with Gasteiger partial charge in [0.1, 0.15) is 23.5 Å². The molecule has 2 heterocycles. The van der Waals surface area contributed by atoms with E-state index in [-0.39, 0.29) is 42.9 Å². The smallest absolute Gasteiger partial charge is 0.164 e. The number of aryl methyl sites for hydroxylation is 3. The zero-order chi connectivity index (χ0) is 32.1. The Hall–Kier alpha value is -3.93. The molecule has 4 aromatic carbocycles. The van der Waals surface area contributed by atoms with Crippen LogP contribution in [0, 0.1) is 43.5 Å². The van der Waals surface area contributed by atoms with E-state index in [1.54, 1.807) is 13.8 Å². The molecule has 0 spiro atoms. The number of hydrogen-bond acceptors (Lipinski definition) is 5. The van der Waals surface area contributed by atoms with Crippen molar-refractivity contribution in [2.24, 2.45) is 10.8 Å². The first-order valence-electron chi connectivity index (χ1n) is 14.7. The molecular formula is C38H38FIrN2O3-. The number of carbonyl (C=O) groups excluding carboxylic acids is 1. The Morgan fingerprint density at radius 3 is 2.27 bits per heavy atom. The second-order valence-corrected chi connectivity index (χ2v) is 13.5. The van der Waals surface area contributed by atoms with Gasteiger partial charge in [-0.2, -0.15) is 0 Å². The van der Waals surface area contributed by atoms with E-state index >= 15 is 0 Å². The van der Waals surface area contributed by atoms with Crippen LogP contribution in [-0.4, -0.2) is 20.9 Å². The van der Waals surface area contributed by atoms with Crippen LogP contribution in [0.3, 0.4) is 0 Å². The first-order valence-corrected chi connectivity index (χ1v) is 14.7. The molecular weight excluding hydrogens is 744 g/mol. The Bertz CT molecular complexity index is 2110. The summed E-state index contributed by atoms with van der Waals surface area (Å²) < 4.78 is 21.0. The van der Waals surface area contributed by atoms with Crippen molar-refractivity contribution in [3.05, 3.63) is 95.3 Å². The molecule has 0 atom stereocenters. The average Bonchev–Trinajstić information content (AvgIpc) is 3.35. The molecule has 0 fully saturated rings. The number of allylic oxidation sites excluding steroid dienone is 2. The molecule has 0 aliphatic rings. The summed E-state index contributed by atoms with van der Waals surface area (Å²) in [7, 11) is 0. The van der Waals surface area contributed by atoms with Gasteiger partial charge in [-0.25, -0.2) is 9.37 Å². The molecule has 1 radical (unpaired) electrons. The van der Waals surface area contributed by atoms with Crippen molar-refractivity contribution >= 4 is 49.4 Å². The number of aliphatic hydroxyl groups is 1. The number of furan rings is 1. The van der Waals surface area contributed by atoms with E-state index in [0.29, 0.717) is 11.1 Å². The van der Waals surface area contributed by atoms with E-state index in [9.17, 15) is 14.3 Å². The minimum Gasteiger partial charge on any atom is -0.512 e. The standard InChI is InChI=1S/C27H18FN2O.C11H20O2.Ir/c1-14-8-10-20(27-22(14)18-6-4-5-7-21(18)31-27)25-19-11-9-17-12-15(2)24(28)16(3)23(17)26(19)30-13-29-25;1-10(2,3)8(12)7-9(13)11(4,5)6;/h4-9,11-13H,1-3H3;7,12H,1-6H3;/q-1;;/b;8-7-;. The molecule has 6 aromatic rings. The SMILES string of the molecule is CC(C)(C)C(=O)/C=C(\O)C(C)(C)C.Cc1cc2ccc3c(-c4[c-]cc(C)c5c4oc4ccccc45)ncnc3c2c(C)c1F.[Ir]. The second kappa shape index (κ2) is 12.5. The van der Waals surface area contributed by atoms with Gasteiger partial charge >= 0.3 is 0 Å². The Kier molecular flexibility index (Phi) is 9.40. The minimum absolute atomic E-state index is 0. The number of carbonyl (C=O) groups is 1. The number of benzene rings is 4. The number of aliphatic hydroxyl groups excluding tert-OH is 1. The Balaban J connectivity index is 0.000000283. The molecule has 0 bridgehead atoms. The van der Waals surface area contributed by atoms with E-state index in [1.807, 2.05) is 84.0 Å². The quantitative estimate of drug-likeness (QED) is 0.0820. The van der Waals surface area contributed by atoms with Crippen LogP contribution in [0.15, 0.2) is 71.1 Å². The van der Waals surface area contributed by atoms with E-state index in [0.717, 1.165) is 60.4 Å². The molecule has 0 saturated carbocycles. The fourth-order valence-corrected chi connectivity index (χ4v) is 5.23. The van der Waals surface area contributed by atoms with Crippen LogP contribution < -0.4 is 0 Å². The third-order valence-corrected chi connectivity index (χ3v) is 7.92. The third-order valence-electron chi connectivity index (χ3n) is 7.92. The second-order valence-electron chi connectivity index (χ2n) is 13.5. The molecule has 1 N–H and O–H groups in total. The maximum atomic E-state index is 14.7. The van der Waals surface area contributed by atoms with Gasteiger partial charge in [-0.15, -0.1) is 17.7 Å². The summed E-state index contributed by atoms with van der Waals surface area (Å²) in [5, 5.41) is 14.3. The Labute approximate surface area is 276 Å². The molecule has 45 heavy (non-hydrogen) atoms. The summed E-state index contributed by atoms with van der Waals surface area (Å²) in [4.78, 5) is 20.6. The van der Waals surface area contributed by atoms with Gasteiger partial charge < -0.3 is 9.52 Å². The fourth-order valence-electron chi connectivity index (χ4n) is 5.23. The summed E-state index contributed by atoms with van der Waals surface area (Å²) >= 11 is 0. The topological polar surface area (TPSA) is 76.2 Å². The van der Waals surface area contributed by atoms with Gasteiger partial charge in [-0.1, -0.05) is 89.7 Å². The van der Waals surface area contributed by atoms with E-state index < -0.39 is 5.41 Å². The number of rotatable bonds is 2. The van der Waals surface area contributed by atoms with Gasteiger partial charge in [0.25, 0.3) is 0 Å². The first kappa shape index (κ1) is 34.0. The number of para-hydroxylation sites is 1. The average molecular weight is 782 g/mol. The van der Waals surface area contributed by atoms with Gasteiger partial charge in [0, 0.05) is 53.5 Å². The number of halogens is 1. The number of ketones is 1. The predicted molar refractivity (Wildman–Crippen MR) is 177 cm³/mol. The number of hydrogen-bond donors (Lipinski definition) is 1. The summed E-state index contributed by atoms with van der Waals surface area (Å²) in [6.07, 6.45) is 2.87. The van der Waals surface area contributed by atoms with Crippen LogP contribution in [0.2, 0.25) is 0 Å². The van der Waals surface area contributed by atoms with Gasteiger partial charge in [-0.3, -0.25) is 9.78 Å². The molecule has 0 aliphatic carbocycles. The van der Waals surface area contributed by atoms with E-state index in [1.165, 1.54) is 12.4 Å². The van der Waals surface area contributed by atoms with Crippen molar-refractivity contribution in [2.45, 2.75) is 62.3 Å². The maximum absolute atomic E-state index is 14.7. The van der Waals surface area contributed by atoms with Gasteiger partial charge in [0.2, 0.25) is 0 Å². The molecule has 0 amide bonds. The van der Waals surface area contributed by atoms with Crippen molar-refractivity contribution < 1.29 is 38.8 Å². The number of fused-ring (bicyclic) bond motifs is 6. The summed E-state index contributed by atoms with van der Waals surface area (Å²) in [6.45, 7) is 16.8. The molecule has 0 aliphatic heterocycles. The summed E-state index contributed by atoms with van der Waals surface area (Å²) in [5.74, 6) is -0.0888. The van der Waals surface area contributed by atoms with E-state index in [4.69, 9.17) is 4.42 Å². The van der Waals surface area contributed by atoms with Crippen molar-refractivity contribution in [3.8, 4) is 11.3 Å². The van der Waals surface area contributed by atoms with Gasteiger partial charge in [0.15, 0.2) is 5.78 Å². The Morgan fingerprint density at radius 2 is 1.60 bits per heavy atom.